The number of halogens is 3. The van der Waals surface area contributed by atoms with Crippen LogP contribution in [0.25, 0.3) is 0 Å². The van der Waals surface area contributed by atoms with E-state index in [0.29, 0.717) is 6.07 Å². The molecule has 6 nitrogen and oxygen atoms in total. The number of nitrogens with zero attached hydrogens (tertiary/aromatic N) is 3. The first-order valence-electron chi connectivity index (χ1n) is 3.64. The van der Waals surface area contributed by atoms with E-state index in [0.717, 1.165) is 6.20 Å². The number of pyridine rings is 1. The van der Waals surface area contributed by atoms with Crippen molar-refractivity contribution in [2.75, 3.05) is 0 Å². The average Bonchev–Trinajstić information content (AvgIpc) is 2.15. The Bertz CT molecular complexity index is 466. The van der Waals surface area contributed by atoms with E-state index in [4.69, 9.17) is 5.26 Å². The Morgan fingerprint density at radius 3 is 2.62 bits per heavy atom. The Hall–Kier alpha value is -2.37. The molecule has 0 aliphatic rings. The fourth-order valence-corrected chi connectivity index (χ4v) is 0.878. The van der Waals surface area contributed by atoms with Crippen molar-refractivity contribution in [2.45, 2.75) is 6.36 Å². The van der Waals surface area contributed by atoms with E-state index >= 15 is 0 Å². The second kappa shape index (κ2) is 4.01. The second-order valence-electron chi connectivity index (χ2n) is 2.42. The number of nitriles is 1. The van der Waals surface area contributed by atoms with Gasteiger partial charge in [0.1, 0.15) is 6.07 Å². The van der Waals surface area contributed by atoms with E-state index in [2.05, 4.69) is 9.72 Å². The lowest BCUT2D eigenvalue weighted by atomic mass is 10.3. The van der Waals surface area contributed by atoms with Crippen LogP contribution < -0.4 is 4.74 Å². The summed E-state index contributed by atoms with van der Waals surface area (Å²) in [5, 5.41) is 18.8. The van der Waals surface area contributed by atoms with Crippen LogP contribution in [-0.4, -0.2) is 16.3 Å². The fraction of sp³-hybridized carbons (Fsp3) is 0.143. The first-order valence-corrected chi connectivity index (χ1v) is 3.64. The van der Waals surface area contributed by atoms with Gasteiger partial charge in [-0.3, -0.25) is 10.1 Å². The molecule has 0 aliphatic heterocycles. The van der Waals surface area contributed by atoms with Gasteiger partial charge in [0.2, 0.25) is 5.75 Å². The predicted molar refractivity (Wildman–Crippen MR) is 42.3 cm³/mol. The SMILES string of the molecule is N#Cc1nccc([N+](=O)[O-])c1OC(F)(F)F. The topological polar surface area (TPSA) is 89.0 Å². The molecule has 1 heterocycles. The summed E-state index contributed by atoms with van der Waals surface area (Å²) in [6, 6.07) is 1.98. The van der Waals surface area contributed by atoms with Gasteiger partial charge < -0.3 is 4.74 Å². The molecule has 9 heteroatoms. The maximum atomic E-state index is 11.9. The molecule has 84 valence electrons. The number of ether oxygens (including phenoxy) is 1. The summed E-state index contributed by atoms with van der Waals surface area (Å²) in [5.74, 6) is -1.21. The molecule has 0 atom stereocenters. The highest BCUT2D eigenvalue weighted by Gasteiger charge is 2.36. The Kier molecular flexibility index (Phi) is 2.94. The smallest absolute Gasteiger partial charge is 0.395 e. The first kappa shape index (κ1) is 11.7. The van der Waals surface area contributed by atoms with Crippen molar-refractivity contribution in [2.24, 2.45) is 0 Å². The monoisotopic (exact) mass is 233 g/mol. The molecular weight excluding hydrogens is 231 g/mol. The summed E-state index contributed by atoms with van der Waals surface area (Å²) >= 11 is 0. The van der Waals surface area contributed by atoms with Crippen LogP contribution in [-0.2, 0) is 0 Å². The molecule has 0 N–H and O–H groups in total. The van der Waals surface area contributed by atoms with Crippen molar-refractivity contribution in [1.29, 1.82) is 5.26 Å². The van der Waals surface area contributed by atoms with Crippen LogP contribution in [0, 0.1) is 21.4 Å². The summed E-state index contributed by atoms with van der Waals surface area (Å²) in [5.41, 5.74) is -1.77. The van der Waals surface area contributed by atoms with Gasteiger partial charge in [0, 0.05) is 12.3 Å². The van der Waals surface area contributed by atoms with E-state index in [9.17, 15) is 23.3 Å². The third-order valence-corrected chi connectivity index (χ3v) is 1.40. The summed E-state index contributed by atoms with van der Waals surface area (Å²) < 4.78 is 39.1. The van der Waals surface area contributed by atoms with Crippen molar-refractivity contribution < 1.29 is 22.8 Å². The van der Waals surface area contributed by atoms with E-state index in [1.807, 2.05) is 0 Å². The molecule has 0 aromatic carbocycles. The maximum absolute atomic E-state index is 11.9. The van der Waals surface area contributed by atoms with Gasteiger partial charge in [0.05, 0.1) is 4.92 Å². The van der Waals surface area contributed by atoms with Crippen molar-refractivity contribution >= 4 is 5.69 Å². The third kappa shape index (κ3) is 2.57. The van der Waals surface area contributed by atoms with Crippen molar-refractivity contribution in [1.82, 2.24) is 4.98 Å². The Morgan fingerprint density at radius 2 is 2.19 bits per heavy atom. The fourth-order valence-electron chi connectivity index (χ4n) is 0.878. The summed E-state index contributed by atoms with van der Waals surface area (Å²) in [6.45, 7) is 0. The zero-order valence-electron chi connectivity index (χ0n) is 7.35. The van der Waals surface area contributed by atoms with Crippen LogP contribution in [0.5, 0.6) is 5.75 Å². The number of alkyl halides is 3. The van der Waals surface area contributed by atoms with Crippen LogP contribution in [0.15, 0.2) is 12.3 Å². The van der Waals surface area contributed by atoms with E-state index in [1.54, 1.807) is 0 Å². The molecule has 0 fully saturated rings. The van der Waals surface area contributed by atoms with Crippen molar-refractivity contribution in [3.63, 3.8) is 0 Å². The van der Waals surface area contributed by atoms with Crippen LogP contribution >= 0.6 is 0 Å². The van der Waals surface area contributed by atoms with Gasteiger partial charge in [0.25, 0.3) is 0 Å². The van der Waals surface area contributed by atoms with Crippen molar-refractivity contribution in [3.8, 4) is 11.8 Å². The minimum Gasteiger partial charge on any atom is -0.395 e. The van der Waals surface area contributed by atoms with Gasteiger partial charge in [-0.05, 0) is 0 Å². The van der Waals surface area contributed by atoms with Gasteiger partial charge in [0.15, 0.2) is 5.69 Å². The zero-order valence-corrected chi connectivity index (χ0v) is 7.35. The van der Waals surface area contributed by atoms with E-state index in [-0.39, 0.29) is 0 Å². The van der Waals surface area contributed by atoms with Crippen LogP contribution in [0.4, 0.5) is 18.9 Å². The minimum absolute atomic E-state index is 0.710. The normalized spacial score (nSPS) is 10.6. The lowest BCUT2D eigenvalue weighted by molar-refractivity contribution is -0.388. The standard InChI is InChI=1S/C7H2F3N3O3/c8-7(9,10)16-6-4(3-11)12-2-1-5(6)13(14)15/h1-2H. The first-order chi connectivity index (χ1) is 7.35. The van der Waals surface area contributed by atoms with Crippen molar-refractivity contribution in [3.05, 3.63) is 28.1 Å². The highest BCUT2D eigenvalue weighted by Crippen LogP contribution is 2.33. The van der Waals surface area contributed by atoms with Crippen LogP contribution in [0.1, 0.15) is 5.69 Å². The summed E-state index contributed by atoms with van der Waals surface area (Å²) in [7, 11) is 0. The third-order valence-electron chi connectivity index (χ3n) is 1.40. The molecule has 0 spiro atoms. The van der Waals surface area contributed by atoms with Gasteiger partial charge in [-0.1, -0.05) is 0 Å². The highest BCUT2D eigenvalue weighted by molar-refractivity contribution is 5.52. The predicted octanol–water partition coefficient (Wildman–Crippen LogP) is 1.76. The van der Waals surface area contributed by atoms with Gasteiger partial charge in [-0.2, -0.15) is 5.26 Å². The number of hydrogen-bond donors (Lipinski definition) is 0. The Balaban J connectivity index is 3.32. The van der Waals surface area contributed by atoms with Crippen LogP contribution in [0.3, 0.4) is 0 Å². The molecule has 1 aromatic rings. The molecule has 1 aromatic heterocycles. The molecule has 0 unspecified atom stereocenters. The van der Waals surface area contributed by atoms with Crippen LogP contribution in [0.2, 0.25) is 0 Å². The molecule has 1 rings (SSSR count). The number of rotatable bonds is 2. The molecule has 0 saturated heterocycles. The van der Waals surface area contributed by atoms with Gasteiger partial charge >= 0.3 is 12.0 Å². The molecule has 0 amide bonds. The Morgan fingerprint density at radius 1 is 1.56 bits per heavy atom. The largest absolute Gasteiger partial charge is 0.573 e. The summed E-state index contributed by atoms with van der Waals surface area (Å²) in [4.78, 5) is 12.5. The number of hydrogen-bond acceptors (Lipinski definition) is 5. The maximum Gasteiger partial charge on any atom is 0.573 e. The number of aromatic nitrogens is 1. The molecule has 0 radical (unpaired) electrons. The zero-order chi connectivity index (χ0) is 12.3. The molecule has 0 bridgehead atoms. The van der Waals surface area contributed by atoms with Gasteiger partial charge in [-0.15, -0.1) is 13.2 Å². The van der Waals surface area contributed by atoms with E-state index in [1.165, 1.54) is 6.07 Å². The molecule has 0 aliphatic carbocycles. The molecular formula is C7H2F3N3O3. The molecule has 16 heavy (non-hydrogen) atoms. The second-order valence-corrected chi connectivity index (χ2v) is 2.42. The highest BCUT2D eigenvalue weighted by atomic mass is 19.4. The van der Waals surface area contributed by atoms with Gasteiger partial charge in [-0.25, -0.2) is 4.98 Å². The quantitative estimate of drug-likeness (QED) is 0.573. The lowest BCUT2D eigenvalue weighted by Crippen LogP contribution is -2.19. The minimum atomic E-state index is -5.13. The Labute approximate surface area is 86.0 Å². The number of nitro groups is 1. The summed E-state index contributed by atoms with van der Waals surface area (Å²) in [6.07, 6.45) is -4.28. The average molecular weight is 233 g/mol. The lowest BCUT2D eigenvalue weighted by Gasteiger charge is -2.09. The molecule has 0 saturated carbocycles. The van der Waals surface area contributed by atoms with E-state index < -0.39 is 28.4 Å².